The van der Waals surface area contributed by atoms with E-state index in [2.05, 4.69) is 10.4 Å². The monoisotopic (exact) mass is 247 g/mol. The predicted octanol–water partition coefficient (Wildman–Crippen LogP) is 0.931. The molecule has 0 fully saturated rings. The molecule has 1 amide bonds. The molecule has 0 saturated heterocycles. The number of nitrogens with zero attached hydrogens (tertiary/aromatic N) is 3. The van der Waals surface area contributed by atoms with Gasteiger partial charge in [-0.15, -0.1) is 0 Å². The molecule has 0 aliphatic rings. The minimum atomic E-state index is -0.525. The fourth-order valence-electron chi connectivity index (χ4n) is 1.52. The fraction of sp³-hybridized carbons (Fsp3) is 0. The maximum Gasteiger partial charge on any atom is 0.294 e. The van der Waals surface area contributed by atoms with Crippen molar-refractivity contribution in [3.8, 4) is 5.69 Å². The molecule has 0 spiro atoms. The zero-order chi connectivity index (χ0) is 13.1. The molecule has 8 nitrogen and oxygen atoms in total. The minimum Gasteiger partial charge on any atom is -0.382 e. The highest BCUT2D eigenvalue weighted by Gasteiger charge is 2.18. The van der Waals surface area contributed by atoms with Crippen LogP contribution in [-0.4, -0.2) is 21.1 Å². The molecular weight excluding hydrogens is 238 g/mol. The number of amides is 1. The average Bonchev–Trinajstić information content (AvgIpc) is 2.72. The van der Waals surface area contributed by atoms with E-state index in [1.807, 2.05) is 0 Å². The second-order valence-corrected chi connectivity index (χ2v) is 3.36. The first kappa shape index (κ1) is 11.6. The van der Waals surface area contributed by atoms with Crippen LogP contribution in [0.1, 0.15) is 0 Å². The van der Waals surface area contributed by atoms with Crippen molar-refractivity contribution in [3.63, 3.8) is 0 Å². The molecule has 0 atom stereocenters. The van der Waals surface area contributed by atoms with Crippen LogP contribution in [0.25, 0.3) is 5.69 Å². The highest BCUT2D eigenvalue weighted by Crippen LogP contribution is 2.27. The summed E-state index contributed by atoms with van der Waals surface area (Å²) in [4.78, 5) is 20.7. The molecule has 1 aromatic heterocycles. The molecule has 1 aromatic carbocycles. The number of nitro benzene ring substituents is 1. The molecule has 92 valence electrons. The Morgan fingerprint density at radius 1 is 1.44 bits per heavy atom. The van der Waals surface area contributed by atoms with Crippen LogP contribution in [0.3, 0.4) is 0 Å². The number of carbonyl (C=O) groups excluding carboxylic acids is 1. The molecule has 3 N–H and O–H groups in total. The Balaban J connectivity index is 2.55. The Kier molecular flexibility index (Phi) is 2.92. The van der Waals surface area contributed by atoms with Gasteiger partial charge >= 0.3 is 0 Å². The molecule has 18 heavy (non-hydrogen) atoms. The van der Waals surface area contributed by atoms with E-state index in [1.165, 1.54) is 23.0 Å². The second kappa shape index (κ2) is 4.53. The van der Waals surface area contributed by atoms with Crippen molar-refractivity contribution >= 4 is 23.6 Å². The number of hydrogen-bond donors (Lipinski definition) is 2. The number of para-hydroxylation sites is 2. The molecule has 2 rings (SSSR count). The number of nitro groups is 1. The van der Waals surface area contributed by atoms with Gasteiger partial charge in [-0.25, -0.2) is 4.68 Å². The smallest absolute Gasteiger partial charge is 0.294 e. The summed E-state index contributed by atoms with van der Waals surface area (Å²) < 4.78 is 1.20. The molecule has 0 aliphatic heterocycles. The molecule has 8 heteroatoms. The van der Waals surface area contributed by atoms with E-state index in [-0.39, 0.29) is 17.2 Å². The summed E-state index contributed by atoms with van der Waals surface area (Å²) in [6.07, 6.45) is 1.78. The first-order chi connectivity index (χ1) is 8.65. The van der Waals surface area contributed by atoms with E-state index < -0.39 is 4.92 Å². The van der Waals surface area contributed by atoms with Crippen LogP contribution in [0.4, 0.5) is 17.2 Å². The number of nitrogens with one attached hydrogen (secondary N) is 1. The number of hydrogen-bond acceptors (Lipinski definition) is 5. The Morgan fingerprint density at radius 2 is 2.17 bits per heavy atom. The van der Waals surface area contributed by atoms with E-state index in [0.29, 0.717) is 12.1 Å². The fourth-order valence-corrected chi connectivity index (χ4v) is 1.52. The maximum atomic E-state index is 10.9. The summed E-state index contributed by atoms with van der Waals surface area (Å²) in [5, 5.41) is 17.2. The molecule has 0 saturated carbocycles. The summed E-state index contributed by atoms with van der Waals surface area (Å²) in [7, 11) is 0. The largest absolute Gasteiger partial charge is 0.382 e. The third-order valence-electron chi connectivity index (χ3n) is 2.33. The third-order valence-corrected chi connectivity index (χ3v) is 2.33. The molecule has 1 heterocycles. The maximum absolute atomic E-state index is 10.9. The number of anilines is 2. The van der Waals surface area contributed by atoms with Gasteiger partial charge in [-0.3, -0.25) is 14.9 Å². The third kappa shape index (κ3) is 1.86. The highest BCUT2D eigenvalue weighted by atomic mass is 16.6. The van der Waals surface area contributed by atoms with Gasteiger partial charge < -0.3 is 11.1 Å². The van der Waals surface area contributed by atoms with Gasteiger partial charge in [0.2, 0.25) is 6.41 Å². The minimum absolute atomic E-state index is 0.120. The predicted molar refractivity (Wildman–Crippen MR) is 64.3 cm³/mol. The van der Waals surface area contributed by atoms with Crippen LogP contribution in [0.2, 0.25) is 0 Å². The van der Waals surface area contributed by atoms with Crippen molar-refractivity contribution in [1.29, 1.82) is 0 Å². The Hall–Kier alpha value is -2.90. The van der Waals surface area contributed by atoms with E-state index in [9.17, 15) is 14.9 Å². The molecular formula is C10H9N5O3. The lowest BCUT2D eigenvalue weighted by Gasteiger charge is -2.05. The zero-order valence-corrected chi connectivity index (χ0v) is 9.11. The summed E-state index contributed by atoms with van der Waals surface area (Å²) in [5.41, 5.74) is 6.16. The van der Waals surface area contributed by atoms with Crippen LogP contribution in [0.15, 0.2) is 30.5 Å². The Bertz CT molecular complexity index is 607. The van der Waals surface area contributed by atoms with Gasteiger partial charge in [-0.05, 0) is 6.07 Å². The molecule has 0 aliphatic carbocycles. The standard InChI is InChI=1S/C10H9N5O3/c11-10-7(12-6-16)5-13-14(10)8-3-1-2-4-9(8)15(17)18/h1-6H,11H2,(H,12,16). The van der Waals surface area contributed by atoms with Gasteiger partial charge in [0.25, 0.3) is 5.69 Å². The Morgan fingerprint density at radius 3 is 2.83 bits per heavy atom. The number of aromatic nitrogens is 2. The molecule has 0 unspecified atom stereocenters. The SMILES string of the molecule is Nc1c(NC=O)cnn1-c1ccccc1[N+](=O)[O-]. The molecule has 2 aromatic rings. The average molecular weight is 247 g/mol. The molecule has 0 radical (unpaired) electrons. The Labute approximate surface area is 101 Å². The van der Waals surface area contributed by atoms with Crippen LogP contribution < -0.4 is 11.1 Å². The normalized spacial score (nSPS) is 10.0. The lowest BCUT2D eigenvalue weighted by molar-refractivity contribution is -0.384. The van der Waals surface area contributed by atoms with Gasteiger partial charge in [-0.2, -0.15) is 5.10 Å². The summed E-state index contributed by atoms with van der Waals surface area (Å²) in [6.45, 7) is 0. The van der Waals surface area contributed by atoms with Gasteiger partial charge in [0, 0.05) is 6.07 Å². The van der Waals surface area contributed by atoms with Crippen LogP contribution >= 0.6 is 0 Å². The van der Waals surface area contributed by atoms with Gasteiger partial charge in [-0.1, -0.05) is 12.1 Å². The quantitative estimate of drug-likeness (QED) is 0.473. The van der Waals surface area contributed by atoms with Crippen molar-refractivity contribution in [2.75, 3.05) is 11.1 Å². The van der Waals surface area contributed by atoms with Crippen molar-refractivity contribution in [3.05, 3.63) is 40.6 Å². The van der Waals surface area contributed by atoms with Crippen molar-refractivity contribution in [2.24, 2.45) is 0 Å². The first-order valence-electron chi connectivity index (χ1n) is 4.92. The van der Waals surface area contributed by atoms with Crippen molar-refractivity contribution < 1.29 is 9.72 Å². The van der Waals surface area contributed by atoms with Gasteiger partial charge in [0.15, 0.2) is 5.82 Å². The number of benzene rings is 1. The highest BCUT2D eigenvalue weighted by molar-refractivity contribution is 5.78. The van der Waals surface area contributed by atoms with E-state index in [4.69, 9.17) is 5.73 Å². The summed E-state index contributed by atoms with van der Waals surface area (Å²) in [6, 6.07) is 6.05. The second-order valence-electron chi connectivity index (χ2n) is 3.36. The number of rotatable bonds is 4. The van der Waals surface area contributed by atoms with E-state index in [1.54, 1.807) is 12.1 Å². The van der Waals surface area contributed by atoms with Crippen molar-refractivity contribution in [2.45, 2.75) is 0 Å². The zero-order valence-electron chi connectivity index (χ0n) is 9.11. The van der Waals surface area contributed by atoms with Crippen LogP contribution in [0.5, 0.6) is 0 Å². The number of nitrogens with two attached hydrogens (primary N) is 1. The summed E-state index contributed by atoms with van der Waals surface area (Å²) >= 11 is 0. The lowest BCUT2D eigenvalue weighted by Crippen LogP contribution is -2.06. The number of nitrogen functional groups attached to an aromatic ring is 1. The van der Waals surface area contributed by atoms with Crippen LogP contribution in [-0.2, 0) is 4.79 Å². The number of carbonyl (C=O) groups is 1. The summed E-state index contributed by atoms with van der Waals surface area (Å²) in [5.74, 6) is 0.122. The lowest BCUT2D eigenvalue weighted by atomic mass is 10.2. The van der Waals surface area contributed by atoms with Gasteiger partial charge in [0.1, 0.15) is 11.4 Å². The molecule has 0 bridgehead atoms. The van der Waals surface area contributed by atoms with Gasteiger partial charge in [0.05, 0.1) is 11.1 Å². The van der Waals surface area contributed by atoms with Crippen LogP contribution in [0, 0.1) is 10.1 Å². The van der Waals surface area contributed by atoms with E-state index in [0.717, 1.165) is 0 Å². The van der Waals surface area contributed by atoms with E-state index >= 15 is 0 Å². The topological polar surface area (TPSA) is 116 Å². The first-order valence-corrected chi connectivity index (χ1v) is 4.92. The van der Waals surface area contributed by atoms with Crippen molar-refractivity contribution in [1.82, 2.24) is 9.78 Å².